The molecule has 1 heteroatoms. The van der Waals surface area contributed by atoms with Crippen LogP contribution in [0.5, 0.6) is 0 Å². The second-order valence-corrected chi connectivity index (χ2v) is 6.96. The first-order chi connectivity index (χ1) is 7.02. The molecule has 1 nitrogen and oxygen atoms in total. The summed E-state index contributed by atoms with van der Waals surface area (Å²) in [6, 6.07) is 0. The molecular weight excluding hydrogens is 194 g/mol. The van der Waals surface area contributed by atoms with Gasteiger partial charge in [-0.3, -0.25) is 4.99 Å². The molecule has 0 aliphatic heterocycles. The molecule has 0 aliphatic rings. The maximum atomic E-state index is 4.70. The fraction of sp³-hybridized carbons (Fsp3) is 0.800. The average molecular weight is 223 g/mol. The Hall–Kier alpha value is -0.590. The Morgan fingerprint density at radius 1 is 1.12 bits per heavy atom. The van der Waals surface area contributed by atoms with Crippen LogP contribution in [0.4, 0.5) is 0 Å². The minimum Gasteiger partial charge on any atom is -0.287 e. The lowest BCUT2D eigenvalue weighted by Crippen LogP contribution is -2.25. The minimum absolute atomic E-state index is 0.0321. The zero-order valence-electron chi connectivity index (χ0n) is 12.4. The molecule has 0 bridgehead atoms. The van der Waals surface area contributed by atoms with E-state index in [0.29, 0.717) is 11.3 Å². The Morgan fingerprint density at radius 2 is 1.62 bits per heavy atom. The normalized spacial score (nSPS) is 15.2. The van der Waals surface area contributed by atoms with Gasteiger partial charge >= 0.3 is 0 Å². The standard InChI is InChI=1S/C15H29N/c1-12(2)9-13(3)10-16-15(7,8)11-14(4,5)6/h9-10,12H,11H2,1-8H3/b13-9+,16-10?. The van der Waals surface area contributed by atoms with Crippen molar-refractivity contribution in [1.82, 2.24) is 0 Å². The lowest BCUT2D eigenvalue weighted by Gasteiger charge is -2.29. The lowest BCUT2D eigenvalue weighted by molar-refractivity contribution is 0.289. The summed E-state index contributed by atoms with van der Waals surface area (Å²) in [6.45, 7) is 17.7. The van der Waals surface area contributed by atoms with Gasteiger partial charge in [0, 0.05) is 6.21 Å². The van der Waals surface area contributed by atoms with Gasteiger partial charge in [-0.25, -0.2) is 0 Å². The third-order valence-electron chi connectivity index (χ3n) is 2.18. The zero-order valence-corrected chi connectivity index (χ0v) is 12.4. The monoisotopic (exact) mass is 223 g/mol. The molecule has 0 aromatic heterocycles. The van der Waals surface area contributed by atoms with Crippen LogP contribution in [-0.4, -0.2) is 11.8 Å². The van der Waals surface area contributed by atoms with Gasteiger partial charge in [-0.15, -0.1) is 0 Å². The van der Waals surface area contributed by atoms with E-state index in [2.05, 4.69) is 61.5 Å². The number of hydrogen-bond donors (Lipinski definition) is 0. The van der Waals surface area contributed by atoms with E-state index in [0.717, 1.165) is 6.42 Å². The smallest absolute Gasteiger partial charge is 0.0557 e. The molecule has 0 radical (unpaired) electrons. The molecule has 0 atom stereocenters. The number of hydrogen-bond acceptors (Lipinski definition) is 1. The van der Waals surface area contributed by atoms with Gasteiger partial charge in [-0.1, -0.05) is 40.7 Å². The van der Waals surface area contributed by atoms with Crippen LogP contribution in [0, 0.1) is 11.3 Å². The van der Waals surface area contributed by atoms with E-state index < -0.39 is 0 Å². The fourth-order valence-electron chi connectivity index (χ4n) is 2.19. The second-order valence-electron chi connectivity index (χ2n) is 6.96. The summed E-state index contributed by atoms with van der Waals surface area (Å²) in [5.41, 5.74) is 1.62. The summed E-state index contributed by atoms with van der Waals surface area (Å²) in [4.78, 5) is 4.70. The van der Waals surface area contributed by atoms with Crippen molar-refractivity contribution in [2.75, 3.05) is 0 Å². The number of allylic oxidation sites excluding steroid dienone is 2. The predicted molar refractivity (Wildman–Crippen MR) is 75.2 cm³/mol. The van der Waals surface area contributed by atoms with Crippen molar-refractivity contribution >= 4 is 6.21 Å². The zero-order chi connectivity index (χ0) is 13.0. The van der Waals surface area contributed by atoms with E-state index in [4.69, 9.17) is 4.99 Å². The van der Waals surface area contributed by atoms with Gasteiger partial charge in [0.25, 0.3) is 0 Å². The summed E-state index contributed by atoms with van der Waals surface area (Å²) >= 11 is 0. The highest BCUT2D eigenvalue weighted by molar-refractivity contribution is 5.78. The van der Waals surface area contributed by atoms with E-state index >= 15 is 0 Å². The van der Waals surface area contributed by atoms with Crippen LogP contribution in [0.1, 0.15) is 61.8 Å². The quantitative estimate of drug-likeness (QED) is 0.603. The van der Waals surface area contributed by atoms with Crippen molar-refractivity contribution in [2.45, 2.75) is 67.3 Å². The first kappa shape index (κ1) is 15.4. The van der Waals surface area contributed by atoms with E-state index in [1.54, 1.807) is 0 Å². The van der Waals surface area contributed by atoms with E-state index in [1.165, 1.54) is 5.57 Å². The molecule has 0 aromatic carbocycles. The van der Waals surface area contributed by atoms with Gasteiger partial charge in [0.05, 0.1) is 5.54 Å². The minimum atomic E-state index is 0.0321. The van der Waals surface area contributed by atoms with Crippen LogP contribution in [0.2, 0.25) is 0 Å². The molecular formula is C15H29N. The summed E-state index contributed by atoms with van der Waals surface area (Å²) in [5.74, 6) is 0.595. The molecule has 94 valence electrons. The maximum absolute atomic E-state index is 4.70. The molecule has 0 rings (SSSR count). The Morgan fingerprint density at radius 3 is 2.00 bits per heavy atom. The van der Waals surface area contributed by atoms with Crippen molar-refractivity contribution in [2.24, 2.45) is 16.3 Å². The van der Waals surface area contributed by atoms with Crippen LogP contribution in [0.3, 0.4) is 0 Å². The van der Waals surface area contributed by atoms with Crippen LogP contribution >= 0.6 is 0 Å². The van der Waals surface area contributed by atoms with Crippen LogP contribution < -0.4 is 0 Å². The van der Waals surface area contributed by atoms with Gasteiger partial charge in [-0.2, -0.15) is 0 Å². The van der Waals surface area contributed by atoms with Crippen molar-refractivity contribution in [3.63, 3.8) is 0 Å². The molecule has 0 heterocycles. The number of aliphatic imine (C=N–C) groups is 1. The highest BCUT2D eigenvalue weighted by Crippen LogP contribution is 2.29. The molecule has 0 unspecified atom stereocenters. The molecule has 0 amide bonds. The van der Waals surface area contributed by atoms with Gasteiger partial charge in [0.15, 0.2) is 0 Å². The van der Waals surface area contributed by atoms with Crippen LogP contribution in [0.15, 0.2) is 16.6 Å². The van der Waals surface area contributed by atoms with E-state index in [-0.39, 0.29) is 5.54 Å². The number of rotatable bonds is 4. The Balaban J connectivity index is 4.53. The Bertz CT molecular complexity index is 262. The lowest BCUT2D eigenvalue weighted by atomic mass is 9.82. The van der Waals surface area contributed by atoms with Gasteiger partial charge < -0.3 is 0 Å². The SMILES string of the molecule is C/C(C=NC(C)(C)CC(C)(C)C)=C\C(C)C. The molecule has 0 saturated heterocycles. The number of nitrogens with zero attached hydrogens (tertiary/aromatic N) is 1. The molecule has 0 N–H and O–H groups in total. The summed E-state index contributed by atoms with van der Waals surface area (Å²) < 4.78 is 0. The average Bonchev–Trinajstić information content (AvgIpc) is 1.95. The van der Waals surface area contributed by atoms with Crippen LogP contribution in [-0.2, 0) is 0 Å². The van der Waals surface area contributed by atoms with Gasteiger partial charge in [0.2, 0.25) is 0 Å². The van der Waals surface area contributed by atoms with Crippen molar-refractivity contribution in [3.8, 4) is 0 Å². The first-order valence-electron chi connectivity index (χ1n) is 6.25. The van der Waals surface area contributed by atoms with Gasteiger partial charge in [-0.05, 0) is 44.1 Å². The third kappa shape index (κ3) is 8.70. The van der Waals surface area contributed by atoms with E-state index in [1.807, 2.05) is 6.21 Å². The largest absolute Gasteiger partial charge is 0.287 e. The third-order valence-corrected chi connectivity index (χ3v) is 2.18. The molecule has 0 spiro atoms. The highest BCUT2D eigenvalue weighted by Gasteiger charge is 2.23. The topological polar surface area (TPSA) is 12.4 Å². The van der Waals surface area contributed by atoms with Crippen molar-refractivity contribution in [1.29, 1.82) is 0 Å². The summed E-state index contributed by atoms with van der Waals surface area (Å²) in [7, 11) is 0. The molecule has 0 fully saturated rings. The summed E-state index contributed by atoms with van der Waals surface area (Å²) in [6.07, 6.45) is 5.37. The first-order valence-corrected chi connectivity index (χ1v) is 6.25. The van der Waals surface area contributed by atoms with Crippen LogP contribution in [0.25, 0.3) is 0 Å². The predicted octanol–water partition coefficient (Wildman–Crippen LogP) is 4.87. The van der Waals surface area contributed by atoms with Crippen molar-refractivity contribution < 1.29 is 0 Å². The fourth-order valence-corrected chi connectivity index (χ4v) is 2.19. The maximum Gasteiger partial charge on any atom is 0.0557 e. The Labute approximate surface area is 102 Å². The molecule has 16 heavy (non-hydrogen) atoms. The summed E-state index contributed by atoms with van der Waals surface area (Å²) in [5, 5.41) is 0. The molecule has 0 aromatic rings. The van der Waals surface area contributed by atoms with Crippen molar-refractivity contribution in [3.05, 3.63) is 11.6 Å². The highest BCUT2D eigenvalue weighted by atomic mass is 14.8. The van der Waals surface area contributed by atoms with Gasteiger partial charge in [0.1, 0.15) is 0 Å². The molecule has 0 aliphatic carbocycles. The van der Waals surface area contributed by atoms with E-state index in [9.17, 15) is 0 Å². The second kappa shape index (κ2) is 5.65. The molecule has 0 saturated carbocycles. The Kier molecular flexibility index (Phi) is 5.44.